The van der Waals surface area contributed by atoms with Gasteiger partial charge in [0.1, 0.15) is 0 Å². The summed E-state index contributed by atoms with van der Waals surface area (Å²) in [5, 5.41) is 0. The van der Waals surface area contributed by atoms with E-state index in [9.17, 15) is 13.2 Å². The number of ether oxygens (including phenoxy) is 1. The number of halogens is 1. The minimum Gasteiger partial charge on any atom is -0.385 e. The Morgan fingerprint density at radius 2 is 1.82 bits per heavy atom. The molecule has 124 valence electrons. The highest BCUT2D eigenvalue weighted by atomic mass is 79.9. The van der Waals surface area contributed by atoms with E-state index in [4.69, 9.17) is 4.74 Å². The molecule has 0 spiro atoms. The summed E-state index contributed by atoms with van der Waals surface area (Å²) in [6.45, 7) is 0.894. The predicted octanol–water partition coefficient (Wildman–Crippen LogP) is 1.56. The van der Waals surface area contributed by atoms with Gasteiger partial charge in [0.05, 0.1) is 11.4 Å². The van der Waals surface area contributed by atoms with E-state index in [1.807, 2.05) is 0 Å². The summed E-state index contributed by atoms with van der Waals surface area (Å²) in [6, 6.07) is 6.31. The Labute approximate surface area is 140 Å². The average Bonchev–Trinajstić information content (AvgIpc) is 2.47. The van der Waals surface area contributed by atoms with Crippen molar-refractivity contribution in [2.24, 2.45) is 0 Å². The molecule has 0 saturated heterocycles. The third-order valence-corrected chi connectivity index (χ3v) is 5.49. The van der Waals surface area contributed by atoms with Gasteiger partial charge in [0.15, 0.2) is 0 Å². The molecule has 0 fully saturated rings. The van der Waals surface area contributed by atoms with Crippen molar-refractivity contribution in [1.29, 1.82) is 0 Å². The van der Waals surface area contributed by atoms with E-state index in [1.54, 1.807) is 26.3 Å². The van der Waals surface area contributed by atoms with Gasteiger partial charge in [-0.15, -0.1) is 0 Å². The molecule has 0 aliphatic rings. The number of hydrogen-bond acceptors (Lipinski definition) is 4. The molecule has 0 aliphatic carbocycles. The van der Waals surface area contributed by atoms with Crippen LogP contribution in [0.3, 0.4) is 0 Å². The molecule has 6 nitrogen and oxygen atoms in total. The number of hydrogen-bond donors (Lipinski definition) is 0. The summed E-state index contributed by atoms with van der Waals surface area (Å²) >= 11 is 3.26. The summed E-state index contributed by atoms with van der Waals surface area (Å²) in [4.78, 5) is 13.7. The Kier molecular flexibility index (Phi) is 7.47. The molecular formula is C14H21BrN2O4S. The zero-order valence-electron chi connectivity index (χ0n) is 13.0. The molecule has 1 aromatic rings. The minimum absolute atomic E-state index is 0.160. The summed E-state index contributed by atoms with van der Waals surface area (Å²) in [7, 11) is 0.980. The number of nitrogens with zero attached hydrogens (tertiary/aromatic N) is 2. The molecule has 1 amide bonds. The standard InChI is InChI=1S/C14H21BrN2O4S/c1-16(9-4-10-21-3)14(18)11-17(2)22(19,20)13-7-5-12(15)6-8-13/h5-8H,4,9-11H2,1-3H3. The normalized spacial score (nSPS) is 11.7. The molecule has 0 unspecified atom stereocenters. The lowest BCUT2D eigenvalue weighted by atomic mass is 10.4. The molecule has 8 heteroatoms. The van der Waals surface area contributed by atoms with Gasteiger partial charge in [0.25, 0.3) is 0 Å². The molecule has 0 saturated carbocycles. The third kappa shape index (κ3) is 5.35. The SMILES string of the molecule is COCCCN(C)C(=O)CN(C)S(=O)(=O)c1ccc(Br)cc1. The molecule has 0 radical (unpaired) electrons. The van der Waals surface area contributed by atoms with Crippen molar-refractivity contribution in [3.8, 4) is 0 Å². The average molecular weight is 393 g/mol. The first-order chi connectivity index (χ1) is 10.3. The summed E-state index contributed by atoms with van der Waals surface area (Å²) < 4.78 is 31.5. The lowest BCUT2D eigenvalue weighted by molar-refractivity contribution is -0.130. The lowest BCUT2D eigenvalue weighted by Crippen LogP contribution is -2.39. The first-order valence-corrected chi connectivity index (χ1v) is 8.97. The Bertz CT molecular complexity index is 589. The van der Waals surface area contributed by atoms with Crippen molar-refractivity contribution < 1.29 is 17.9 Å². The zero-order chi connectivity index (χ0) is 16.8. The van der Waals surface area contributed by atoms with Crippen LogP contribution >= 0.6 is 15.9 Å². The summed E-state index contributed by atoms with van der Waals surface area (Å²) in [5.41, 5.74) is 0. The molecule has 0 atom stereocenters. The van der Waals surface area contributed by atoms with Crippen molar-refractivity contribution in [3.05, 3.63) is 28.7 Å². The molecule has 22 heavy (non-hydrogen) atoms. The maximum Gasteiger partial charge on any atom is 0.243 e. The molecule has 0 aromatic heterocycles. The van der Waals surface area contributed by atoms with E-state index in [-0.39, 0.29) is 17.3 Å². The fourth-order valence-electron chi connectivity index (χ4n) is 1.75. The number of carbonyl (C=O) groups excluding carboxylic acids is 1. The van der Waals surface area contributed by atoms with Crippen LogP contribution in [-0.2, 0) is 19.6 Å². The number of carbonyl (C=O) groups is 1. The Morgan fingerprint density at radius 1 is 1.23 bits per heavy atom. The van der Waals surface area contributed by atoms with E-state index in [1.165, 1.54) is 24.1 Å². The monoisotopic (exact) mass is 392 g/mol. The number of likely N-dealkylation sites (N-methyl/N-ethyl adjacent to an activating group) is 2. The topological polar surface area (TPSA) is 66.9 Å². The van der Waals surface area contributed by atoms with Gasteiger partial charge in [-0.25, -0.2) is 8.42 Å². The second kappa shape index (κ2) is 8.61. The van der Waals surface area contributed by atoms with Crippen LogP contribution in [0.25, 0.3) is 0 Å². The molecular weight excluding hydrogens is 372 g/mol. The van der Waals surface area contributed by atoms with Crippen molar-refractivity contribution in [3.63, 3.8) is 0 Å². The van der Waals surface area contributed by atoms with Crippen LogP contribution in [0.5, 0.6) is 0 Å². The highest BCUT2D eigenvalue weighted by Gasteiger charge is 2.24. The molecule has 0 aliphatic heterocycles. The van der Waals surface area contributed by atoms with Crippen molar-refractivity contribution >= 4 is 31.9 Å². The predicted molar refractivity (Wildman–Crippen MR) is 88.1 cm³/mol. The Hall–Kier alpha value is -0.960. The Balaban J connectivity index is 2.68. The van der Waals surface area contributed by atoms with Gasteiger partial charge in [0.2, 0.25) is 15.9 Å². The summed E-state index contributed by atoms with van der Waals surface area (Å²) in [5.74, 6) is -0.251. The van der Waals surface area contributed by atoms with Gasteiger partial charge in [-0.05, 0) is 30.7 Å². The quantitative estimate of drug-likeness (QED) is 0.629. The third-order valence-electron chi connectivity index (χ3n) is 3.15. The minimum atomic E-state index is -3.67. The number of rotatable bonds is 8. The second-order valence-electron chi connectivity index (χ2n) is 4.88. The van der Waals surface area contributed by atoms with Crippen LogP contribution < -0.4 is 0 Å². The van der Waals surface area contributed by atoms with Crippen molar-refractivity contribution in [1.82, 2.24) is 9.21 Å². The van der Waals surface area contributed by atoms with E-state index in [0.29, 0.717) is 19.6 Å². The largest absolute Gasteiger partial charge is 0.385 e. The van der Waals surface area contributed by atoms with Gasteiger partial charge in [-0.1, -0.05) is 15.9 Å². The first-order valence-electron chi connectivity index (χ1n) is 6.74. The highest BCUT2D eigenvalue weighted by Crippen LogP contribution is 2.17. The van der Waals surface area contributed by atoms with Gasteiger partial charge in [0, 0.05) is 38.8 Å². The van der Waals surface area contributed by atoms with Crippen molar-refractivity contribution in [2.75, 3.05) is 40.9 Å². The van der Waals surface area contributed by atoms with Gasteiger partial charge in [-0.2, -0.15) is 4.31 Å². The smallest absolute Gasteiger partial charge is 0.243 e. The maximum atomic E-state index is 12.4. The molecule has 0 bridgehead atoms. The highest BCUT2D eigenvalue weighted by molar-refractivity contribution is 9.10. The van der Waals surface area contributed by atoms with Gasteiger partial charge >= 0.3 is 0 Å². The number of methoxy groups -OCH3 is 1. The summed E-state index contributed by atoms with van der Waals surface area (Å²) in [6.07, 6.45) is 0.710. The molecule has 1 aromatic carbocycles. The van der Waals surface area contributed by atoms with Crippen LogP contribution in [0.15, 0.2) is 33.6 Å². The van der Waals surface area contributed by atoms with Crippen molar-refractivity contribution in [2.45, 2.75) is 11.3 Å². The van der Waals surface area contributed by atoms with Crippen LogP contribution in [0.4, 0.5) is 0 Å². The van der Waals surface area contributed by atoms with Gasteiger partial charge in [-0.3, -0.25) is 4.79 Å². The zero-order valence-corrected chi connectivity index (χ0v) is 15.4. The maximum absolute atomic E-state index is 12.4. The number of amides is 1. The molecule has 0 heterocycles. The van der Waals surface area contributed by atoms with Crippen LogP contribution in [0.2, 0.25) is 0 Å². The molecule has 0 N–H and O–H groups in total. The fourth-order valence-corrected chi connectivity index (χ4v) is 3.14. The van der Waals surface area contributed by atoms with Crippen LogP contribution in [0.1, 0.15) is 6.42 Å². The lowest BCUT2D eigenvalue weighted by Gasteiger charge is -2.21. The van der Waals surface area contributed by atoms with E-state index in [0.717, 1.165) is 8.78 Å². The Morgan fingerprint density at radius 3 is 2.36 bits per heavy atom. The first kappa shape index (κ1) is 19.1. The fraction of sp³-hybridized carbons (Fsp3) is 0.500. The second-order valence-corrected chi connectivity index (χ2v) is 7.84. The number of sulfonamides is 1. The van der Waals surface area contributed by atoms with Gasteiger partial charge < -0.3 is 9.64 Å². The number of benzene rings is 1. The van der Waals surface area contributed by atoms with Crippen LogP contribution in [-0.4, -0.2) is 64.4 Å². The van der Waals surface area contributed by atoms with E-state index >= 15 is 0 Å². The van der Waals surface area contributed by atoms with E-state index < -0.39 is 10.0 Å². The molecule has 1 rings (SSSR count). The van der Waals surface area contributed by atoms with E-state index in [2.05, 4.69) is 15.9 Å². The van der Waals surface area contributed by atoms with Crippen LogP contribution in [0, 0.1) is 0 Å².